The molecule has 4 aliphatic carbocycles. The zero-order chi connectivity index (χ0) is 26.4. The Balaban J connectivity index is 1.22. The molecule has 0 aliphatic heterocycles. The molecule has 4 nitrogen and oxygen atoms in total. The lowest BCUT2D eigenvalue weighted by molar-refractivity contribution is -0.0322. The van der Waals surface area contributed by atoms with Gasteiger partial charge in [-0.25, -0.2) is 0 Å². The van der Waals surface area contributed by atoms with Crippen LogP contribution in [0.2, 0.25) is 5.02 Å². The summed E-state index contributed by atoms with van der Waals surface area (Å²) in [6.45, 7) is 4.00. The van der Waals surface area contributed by atoms with Crippen molar-refractivity contribution in [2.45, 2.75) is 95.1 Å². The number of rotatable bonds is 6. The third-order valence-electron chi connectivity index (χ3n) is 11.0. The number of hydrogen-bond acceptors (Lipinski definition) is 4. The maximum absolute atomic E-state index is 11.1. The molecule has 2 aromatic carbocycles. The van der Waals surface area contributed by atoms with Crippen molar-refractivity contribution in [2.24, 2.45) is 17.3 Å². The quantitative estimate of drug-likeness (QED) is 0.406. The Labute approximate surface area is 233 Å². The van der Waals surface area contributed by atoms with Gasteiger partial charge in [-0.2, -0.15) is 0 Å². The lowest BCUT2D eigenvalue weighted by atomic mass is 9.51. The van der Waals surface area contributed by atoms with Crippen LogP contribution in [-0.2, 0) is 6.42 Å². The molecule has 0 unspecified atom stereocenters. The predicted molar refractivity (Wildman–Crippen MR) is 153 cm³/mol. The van der Waals surface area contributed by atoms with Gasteiger partial charge in [0, 0.05) is 12.6 Å². The lowest BCUT2D eigenvalue weighted by Gasteiger charge is -2.54. The van der Waals surface area contributed by atoms with Crippen LogP contribution in [0.1, 0.15) is 93.2 Å². The number of halogens is 1. The van der Waals surface area contributed by atoms with Crippen molar-refractivity contribution in [1.29, 1.82) is 0 Å². The zero-order valence-electron chi connectivity index (χ0n) is 23.0. The van der Waals surface area contributed by atoms with Gasteiger partial charge in [0.05, 0.1) is 11.1 Å². The highest BCUT2D eigenvalue weighted by Crippen LogP contribution is 2.65. The van der Waals surface area contributed by atoms with E-state index in [4.69, 9.17) is 16.3 Å². The van der Waals surface area contributed by atoms with Gasteiger partial charge in [0.1, 0.15) is 18.1 Å². The number of phenolic OH excluding ortho intramolecular Hbond substituents is 1. The van der Waals surface area contributed by atoms with Gasteiger partial charge in [-0.15, -0.1) is 0 Å². The average molecular weight is 538 g/mol. The number of aliphatic hydroxyl groups is 1. The summed E-state index contributed by atoms with van der Waals surface area (Å²) in [6.07, 6.45) is 11.5. The first-order valence-electron chi connectivity index (χ1n) is 15.0. The van der Waals surface area contributed by atoms with E-state index >= 15 is 0 Å². The van der Waals surface area contributed by atoms with Gasteiger partial charge in [-0.1, -0.05) is 56.0 Å². The third kappa shape index (κ3) is 4.65. The lowest BCUT2D eigenvalue weighted by Crippen LogP contribution is -2.47. The summed E-state index contributed by atoms with van der Waals surface area (Å²) in [5, 5.41) is 22.0. The molecule has 6 atom stereocenters. The first kappa shape index (κ1) is 26.5. The Morgan fingerprint density at radius 3 is 2.53 bits per heavy atom. The topological polar surface area (TPSA) is 52.9 Å². The molecule has 3 saturated carbocycles. The highest BCUT2D eigenvalue weighted by Gasteiger charge is 2.57. The maximum Gasteiger partial charge on any atom is 0.134 e. The molecule has 6 rings (SSSR count). The molecule has 0 heterocycles. The Hall–Kier alpha value is -1.75. The summed E-state index contributed by atoms with van der Waals surface area (Å²) in [5.41, 5.74) is 3.70. The molecular formula is C33H44ClNO3. The van der Waals surface area contributed by atoms with Crippen LogP contribution in [-0.4, -0.2) is 47.5 Å². The second-order valence-electron chi connectivity index (χ2n) is 12.9. The van der Waals surface area contributed by atoms with Crippen LogP contribution in [0.4, 0.5) is 0 Å². The predicted octanol–water partition coefficient (Wildman–Crippen LogP) is 7.30. The summed E-state index contributed by atoms with van der Waals surface area (Å²) in [4.78, 5) is 2.48. The molecule has 2 N–H and O–H groups in total. The third-order valence-corrected chi connectivity index (χ3v) is 11.4. The van der Waals surface area contributed by atoms with Crippen molar-refractivity contribution in [3.05, 3.63) is 58.1 Å². The van der Waals surface area contributed by atoms with Crippen LogP contribution >= 0.6 is 11.6 Å². The van der Waals surface area contributed by atoms with E-state index in [9.17, 15) is 10.2 Å². The van der Waals surface area contributed by atoms with E-state index in [0.29, 0.717) is 41.3 Å². The normalized spacial score (nSPS) is 33.0. The molecule has 0 radical (unpaired) electrons. The number of phenols is 1. The monoisotopic (exact) mass is 537 g/mol. The molecule has 2 aromatic rings. The van der Waals surface area contributed by atoms with E-state index in [0.717, 1.165) is 50.0 Å². The highest BCUT2D eigenvalue weighted by atomic mass is 35.5. The number of ether oxygens (including phenoxy) is 1. The summed E-state index contributed by atoms with van der Waals surface area (Å²) < 4.78 is 6.18. The van der Waals surface area contributed by atoms with Gasteiger partial charge in [0.15, 0.2) is 0 Å². The number of nitrogens with zero attached hydrogens (tertiary/aromatic N) is 1. The van der Waals surface area contributed by atoms with E-state index in [1.165, 1.54) is 43.2 Å². The Morgan fingerprint density at radius 2 is 1.76 bits per heavy atom. The number of hydrogen-bond donors (Lipinski definition) is 2. The van der Waals surface area contributed by atoms with Crippen LogP contribution in [0.5, 0.6) is 11.5 Å². The van der Waals surface area contributed by atoms with Gasteiger partial charge >= 0.3 is 0 Å². The molecule has 206 valence electrons. The van der Waals surface area contributed by atoms with Crippen molar-refractivity contribution < 1.29 is 14.9 Å². The summed E-state index contributed by atoms with van der Waals surface area (Å²) in [7, 11) is 2.24. The van der Waals surface area contributed by atoms with Crippen molar-refractivity contribution >= 4 is 11.6 Å². The van der Waals surface area contributed by atoms with Gasteiger partial charge in [-0.3, -0.25) is 0 Å². The molecule has 3 fully saturated rings. The number of fused-ring (bicyclic) bond motifs is 5. The summed E-state index contributed by atoms with van der Waals surface area (Å²) >= 11 is 6.63. The molecule has 0 bridgehead atoms. The minimum atomic E-state index is -0.232. The Morgan fingerprint density at radius 1 is 1.00 bits per heavy atom. The van der Waals surface area contributed by atoms with Crippen LogP contribution in [0.3, 0.4) is 0 Å². The van der Waals surface area contributed by atoms with Crippen LogP contribution in [0.15, 0.2) is 36.4 Å². The number of aliphatic hydroxyl groups excluding tert-OH is 1. The van der Waals surface area contributed by atoms with Crippen molar-refractivity contribution in [1.82, 2.24) is 4.90 Å². The van der Waals surface area contributed by atoms with Crippen molar-refractivity contribution in [3.63, 3.8) is 0 Å². The first-order chi connectivity index (χ1) is 18.4. The molecule has 0 aromatic heterocycles. The average Bonchev–Trinajstić information content (AvgIpc) is 3.24. The Bertz CT molecular complexity index is 1130. The number of aromatic hydroxyl groups is 1. The van der Waals surface area contributed by atoms with Gasteiger partial charge < -0.3 is 19.8 Å². The van der Waals surface area contributed by atoms with E-state index in [1.807, 2.05) is 0 Å². The molecule has 0 spiro atoms. The SMILES string of the molecule is CN(CCOc1ccc([C@H]2C[C@]3(C)[C@@H](O)CC[C@H]3[C@@H]3CCc4c(ccc(O)c4Cl)[C@H]32)cc1)C1CCCCC1. The smallest absolute Gasteiger partial charge is 0.134 e. The molecular weight excluding hydrogens is 494 g/mol. The summed E-state index contributed by atoms with van der Waals surface area (Å²) in [5.74, 6) is 2.84. The van der Waals surface area contributed by atoms with Crippen LogP contribution in [0, 0.1) is 17.3 Å². The van der Waals surface area contributed by atoms with E-state index in [1.54, 1.807) is 6.07 Å². The fraction of sp³-hybridized carbons (Fsp3) is 0.636. The molecule has 5 heteroatoms. The number of benzene rings is 2. The molecule has 0 saturated heterocycles. The molecule has 4 aliphatic rings. The van der Waals surface area contributed by atoms with Crippen LogP contribution < -0.4 is 4.74 Å². The van der Waals surface area contributed by atoms with E-state index in [2.05, 4.69) is 49.2 Å². The fourth-order valence-corrected chi connectivity index (χ4v) is 9.13. The highest BCUT2D eigenvalue weighted by molar-refractivity contribution is 6.32. The molecule has 0 amide bonds. The van der Waals surface area contributed by atoms with E-state index < -0.39 is 0 Å². The largest absolute Gasteiger partial charge is 0.506 e. The minimum absolute atomic E-state index is 0.0527. The van der Waals surface area contributed by atoms with Crippen LogP contribution in [0.25, 0.3) is 0 Å². The second-order valence-corrected chi connectivity index (χ2v) is 13.3. The van der Waals surface area contributed by atoms with Crippen molar-refractivity contribution in [2.75, 3.05) is 20.2 Å². The standard InChI is InChI=1S/C33H44ClNO3/c1-33-20-27(21-8-10-23(11-9-21)38-19-18-35(2)22-6-4-3-5-7-22)31-24-14-16-29(36)32(34)25(24)12-13-26(31)28(33)15-17-30(33)37/h8-11,14,16,22,26-28,30-31,36-37H,3-7,12-13,15,17-20H2,1-2H3/t26-,27+,28-,30-,31+,33-/m0/s1. The van der Waals surface area contributed by atoms with Gasteiger partial charge in [0.25, 0.3) is 0 Å². The molecule has 38 heavy (non-hydrogen) atoms. The van der Waals surface area contributed by atoms with Crippen molar-refractivity contribution in [3.8, 4) is 11.5 Å². The number of likely N-dealkylation sites (N-methyl/N-ethyl adjacent to an activating group) is 1. The minimum Gasteiger partial charge on any atom is -0.506 e. The zero-order valence-corrected chi connectivity index (χ0v) is 23.8. The van der Waals surface area contributed by atoms with Gasteiger partial charge in [-0.05, 0) is 116 Å². The Kier molecular flexibility index (Phi) is 7.43. The summed E-state index contributed by atoms with van der Waals surface area (Å²) in [6, 6.07) is 13.4. The van der Waals surface area contributed by atoms with E-state index in [-0.39, 0.29) is 17.3 Å². The fourth-order valence-electron chi connectivity index (χ4n) is 8.86. The maximum atomic E-state index is 11.1. The second kappa shape index (κ2) is 10.7. The first-order valence-corrected chi connectivity index (χ1v) is 15.4. The van der Waals surface area contributed by atoms with Gasteiger partial charge in [0.2, 0.25) is 0 Å².